The highest BCUT2D eigenvalue weighted by Crippen LogP contribution is 2.01. The number of aromatic nitrogens is 1. The minimum atomic E-state index is 1.05. The van der Waals surface area contributed by atoms with Gasteiger partial charge in [0.15, 0.2) is 11.9 Å². The van der Waals surface area contributed by atoms with Crippen molar-refractivity contribution < 1.29 is 4.57 Å². The molecule has 70 valence electrons. The van der Waals surface area contributed by atoms with Crippen LogP contribution in [0.2, 0.25) is 0 Å². The third kappa shape index (κ3) is 1.67. The standard InChI is InChI=1S/C13H14N/c1-2-12-8-6-7-11-14(12)13-9-4-3-5-10-13/h3-11H,2H2,1H3/q+1. The van der Waals surface area contributed by atoms with Crippen LogP contribution < -0.4 is 4.57 Å². The normalized spacial score (nSPS) is 10.1. The lowest BCUT2D eigenvalue weighted by atomic mass is 10.2. The first-order valence-corrected chi connectivity index (χ1v) is 4.97. The maximum atomic E-state index is 2.22. The number of benzene rings is 1. The zero-order valence-corrected chi connectivity index (χ0v) is 8.35. The zero-order chi connectivity index (χ0) is 9.80. The van der Waals surface area contributed by atoms with Crippen molar-refractivity contribution in [1.82, 2.24) is 0 Å². The molecule has 0 saturated carbocycles. The van der Waals surface area contributed by atoms with E-state index in [0.717, 1.165) is 6.42 Å². The summed E-state index contributed by atoms with van der Waals surface area (Å²) in [5.41, 5.74) is 2.56. The van der Waals surface area contributed by atoms with Crippen LogP contribution in [0.3, 0.4) is 0 Å². The summed E-state index contributed by atoms with van der Waals surface area (Å²) < 4.78 is 2.22. The first-order valence-electron chi connectivity index (χ1n) is 4.97. The lowest BCUT2D eigenvalue weighted by molar-refractivity contribution is -0.604. The second-order valence-corrected chi connectivity index (χ2v) is 3.25. The molecule has 0 aliphatic heterocycles. The van der Waals surface area contributed by atoms with Crippen LogP contribution in [0.25, 0.3) is 5.69 Å². The summed E-state index contributed by atoms with van der Waals surface area (Å²) >= 11 is 0. The molecule has 1 nitrogen and oxygen atoms in total. The fraction of sp³-hybridized carbons (Fsp3) is 0.154. The smallest absolute Gasteiger partial charge is 0.165 e. The maximum Gasteiger partial charge on any atom is 0.210 e. The van der Waals surface area contributed by atoms with E-state index in [1.54, 1.807) is 0 Å². The average molecular weight is 184 g/mol. The Bertz CT molecular complexity index is 407. The Morgan fingerprint density at radius 3 is 2.36 bits per heavy atom. The average Bonchev–Trinajstić information content (AvgIpc) is 2.30. The van der Waals surface area contributed by atoms with E-state index in [1.165, 1.54) is 11.4 Å². The molecule has 2 aromatic rings. The quantitative estimate of drug-likeness (QED) is 0.631. The molecule has 0 fully saturated rings. The molecule has 0 radical (unpaired) electrons. The Hall–Kier alpha value is -1.63. The first-order chi connectivity index (χ1) is 6.92. The highest BCUT2D eigenvalue weighted by molar-refractivity contribution is 5.22. The van der Waals surface area contributed by atoms with Gasteiger partial charge in [-0.3, -0.25) is 0 Å². The Morgan fingerprint density at radius 2 is 1.64 bits per heavy atom. The molecule has 1 aromatic carbocycles. The maximum absolute atomic E-state index is 2.22. The summed E-state index contributed by atoms with van der Waals surface area (Å²) in [5, 5.41) is 0. The molecule has 1 heteroatoms. The molecule has 14 heavy (non-hydrogen) atoms. The van der Waals surface area contributed by atoms with E-state index in [4.69, 9.17) is 0 Å². The fourth-order valence-corrected chi connectivity index (χ4v) is 1.61. The third-order valence-corrected chi connectivity index (χ3v) is 2.34. The van der Waals surface area contributed by atoms with Crippen molar-refractivity contribution in [1.29, 1.82) is 0 Å². The number of hydrogen-bond acceptors (Lipinski definition) is 0. The van der Waals surface area contributed by atoms with Crippen LogP contribution in [0.15, 0.2) is 54.7 Å². The van der Waals surface area contributed by atoms with Gasteiger partial charge in [0.1, 0.15) is 0 Å². The van der Waals surface area contributed by atoms with Gasteiger partial charge in [0.25, 0.3) is 0 Å². The highest BCUT2D eigenvalue weighted by atomic mass is 15.0. The molecule has 0 N–H and O–H groups in total. The van der Waals surface area contributed by atoms with Crippen molar-refractivity contribution in [3.8, 4) is 5.69 Å². The second-order valence-electron chi connectivity index (χ2n) is 3.25. The van der Waals surface area contributed by atoms with E-state index in [2.05, 4.69) is 60.2 Å². The van der Waals surface area contributed by atoms with E-state index < -0.39 is 0 Å². The summed E-state index contributed by atoms with van der Waals surface area (Å²) in [6.07, 6.45) is 3.16. The zero-order valence-electron chi connectivity index (χ0n) is 8.35. The molecule has 0 aliphatic rings. The molecule has 1 heterocycles. The largest absolute Gasteiger partial charge is 0.210 e. The SMILES string of the molecule is CCc1cccc[n+]1-c1ccccc1. The topological polar surface area (TPSA) is 3.88 Å². The van der Waals surface area contributed by atoms with Gasteiger partial charge in [-0.15, -0.1) is 0 Å². The number of rotatable bonds is 2. The van der Waals surface area contributed by atoms with Crippen molar-refractivity contribution in [3.63, 3.8) is 0 Å². The van der Waals surface area contributed by atoms with Crippen LogP contribution in [0.4, 0.5) is 0 Å². The minimum Gasteiger partial charge on any atom is -0.165 e. The van der Waals surface area contributed by atoms with Crippen LogP contribution in [-0.2, 0) is 6.42 Å². The van der Waals surface area contributed by atoms with Crippen LogP contribution >= 0.6 is 0 Å². The molecule has 0 bridgehead atoms. The summed E-state index contributed by atoms with van der Waals surface area (Å²) in [6, 6.07) is 16.7. The summed E-state index contributed by atoms with van der Waals surface area (Å²) in [7, 11) is 0. The van der Waals surface area contributed by atoms with E-state index >= 15 is 0 Å². The van der Waals surface area contributed by atoms with Crippen molar-refractivity contribution in [2.45, 2.75) is 13.3 Å². The van der Waals surface area contributed by atoms with Gasteiger partial charge in [-0.25, -0.2) is 0 Å². The predicted octanol–water partition coefficient (Wildman–Crippen LogP) is 2.53. The van der Waals surface area contributed by atoms with Gasteiger partial charge in [0.05, 0.1) is 0 Å². The molecule has 0 saturated heterocycles. The Labute approximate surface area is 84.6 Å². The summed E-state index contributed by atoms with van der Waals surface area (Å²) in [6.45, 7) is 2.18. The lowest BCUT2D eigenvalue weighted by Gasteiger charge is -1.99. The van der Waals surface area contributed by atoms with E-state index in [9.17, 15) is 0 Å². The lowest BCUT2D eigenvalue weighted by Crippen LogP contribution is -2.34. The Balaban J connectivity index is 2.51. The van der Waals surface area contributed by atoms with Gasteiger partial charge in [0.2, 0.25) is 5.69 Å². The Kier molecular flexibility index (Phi) is 2.59. The number of hydrogen-bond donors (Lipinski definition) is 0. The fourth-order valence-electron chi connectivity index (χ4n) is 1.61. The van der Waals surface area contributed by atoms with Crippen molar-refractivity contribution in [3.05, 3.63) is 60.4 Å². The predicted molar refractivity (Wildman–Crippen MR) is 57.4 cm³/mol. The molecular weight excluding hydrogens is 170 g/mol. The van der Waals surface area contributed by atoms with Gasteiger partial charge in [-0.1, -0.05) is 31.2 Å². The van der Waals surface area contributed by atoms with Crippen molar-refractivity contribution in [2.75, 3.05) is 0 Å². The van der Waals surface area contributed by atoms with Gasteiger partial charge >= 0.3 is 0 Å². The van der Waals surface area contributed by atoms with Gasteiger partial charge in [0, 0.05) is 30.7 Å². The first kappa shape index (κ1) is 8.95. The van der Waals surface area contributed by atoms with Crippen LogP contribution in [0, 0.1) is 0 Å². The monoisotopic (exact) mass is 184 g/mol. The molecular formula is C13H14N+. The number of aryl methyl sites for hydroxylation is 1. The van der Waals surface area contributed by atoms with Crippen LogP contribution in [0.5, 0.6) is 0 Å². The number of para-hydroxylation sites is 1. The van der Waals surface area contributed by atoms with E-state index in [1.807, 2.05) is 6.07 Å². The molecule has 0 atom stereocenters. The summed E-state index contributed by atoms with van der Waals surface area (Å²) in [5.74, 6) is 0. The van der Waals surface area contributed by atoms with Gasteiger partial charge in [-0.2, -0.15) is 4.57 Å². The molecule has 1 aromatic heterocycles. The molecule has 2 rings (SSSR count). The van der Waals surface area contributed by atoms with E-state index in [0.29, 0.717) is 0 Å². The molecule has 0 aliphatic carbocycles. The van der Waals surface area contributed by atoms with Crippen molar-refractivity contribution >= 4 is 0 Å². The summed E-state index contributed by atoms with van der Waals surface area (Å²) in [4.78, 5) is 0. The van der Waals surface area contributed by atoms with Gasteiger partial charge < -0.3 is 0 Å². The van der Waals surface area contributed by atoms with Crippen LogP contribution in [-0.4, -0.2) is 0 Å². The third-order valence-electron chi connectivity index (χ3n) is 2.34. The van der Waals surface area contributed by atoms with Crippen molar-refractivity contribution in [2.24, 2.45) is 0 Å². The van der Waals surface area contributed by atoms with Gasteiger partial charge in [-0.05, 0) is 0 Å². The molecule has 0 spiro atoms. The number of nitrogens with zero attached hydrogens (tertiary/aromatic N) is 1. The van der Waals surface area contributed by atoms with Crippen LogP contribution in [0.1, 0.15) is 12.6 Å². The molecule has 0 unspecified atom stereocenters. The second kappa shape index (κ2) is 4.05. The molecule has 0 amide bonds. The Morgan fingerprint density at radius 1 is 0.929 bits per heavy atom. The van der Waals surface area contributed by atoms with E-state index in [-0.39, 0.29) is 0 Å². The highest BCUT2D eigenvalue weighted by Gasteiger charge is 2.09. The minimum absolute atomic E-state index is 1.05. The number of pyridine rings is 1.